The van der Waals surface area contributed by atoms with Crippen LogP contribution in [0.1, 0.15) is 6.42 Å². The van der Waals surface area contributed by atoms with Crippen LogP contribution < -0.4 is 15.5 Å². The summed E-state index contributed by atoms with van der Waals surface area (Å²) in [7, 11) is 1.76. The zero-order valence-corrected chi connectivity index (χ0v) is 12.8. The van der Waals surface area contributed by atoms with Gasteiger partial charge in [0.05, 0.1) is 0 Å². The lowest BCUT2D eigenvalue weighted by Crippen LogP contribution is -2.27. The predicted molar refractivity (Wildman–Crippen MR) is 85.0 cm³/mol. The number of pyridine rings is 1. The summed E-state index contributed by atoms with van der Waals surface area (Å²) in [4.78, 5) is 14.2. The molecule has 3 rings (SSSR count). The van der Waals surface area contributed by atoms with Gasteiger partial charge in [-0.15, -0.1) is 0 Å². The maximum Gasteiger partial charge on any atom is 0.165 e. The summed E-state index contributed by atoms with van der Waals surface area (Å²) in [5.41, 5.74) is 0.659. The van der Waals surface area contributed by atoms with Crippen LogP contribution in [0.2, 0.25) is 5.15 Å². The summed E-state index contributed by atoms with van der Waals surface area (Å²) in [6, 6.07) is 3.15. The standard InChI is InChI=1S/C14H16ClFN6/c1-17-11-12(15)19-8-20-13(11)21-9-4-6-22(7-9)14-10(16)3-2-5-18-14/h2-3,5,8-9,17H,4,6-7H2,1H3,(H,19,20,21). The van der Waals surface area contributed by atoms with E-state index in [0.717, 1.165) is 13.0 Å². The molecule has 2 N–H and O–H groups in total. The van der Waals surface area contributed by atoms with Gasteiger partial charge in [0.15, 0.2) is 22.6 Å². The highest BCUT2D eigenvalue weighted by Crippen LogP contribution is 2.28. The minimum absolute atomic E-state index is 0.138. The Balaban J connectivity index is 1.72. The van der Waals surface area contributed by atoms with E-state index >= 15 is 0 Å². The lowest BCUT2D eigenvalue weighted by atomic mass is 10.2. The number of anilines is 3. The van der Waals surface area contributed by atoms with Crippen molar-refractivity contribution in [2.45, 2.75) is 12.5 Å². The lowest BCUT2D eigenvalue weighted by Gasteiger charge is -2.19. The molecule has 0 aromatic carbocycles. The van der Waals surface area contributed by atoms with Gasteiger partial charge in [-0.25, -0.2) is 19.3 Å². The molecule has 1 atom stereocenters. The summed E-state index contributed by atoms with van der Waals surface area (Å²) < 4.78 is 13.8. The molecule has 6 nitrogen and oxygen atoms in total. The molecule has 0 amide bonds. The molecule has 0 radical (unpaired) electrons. The zero-order chi connectivity index (χ0) is 15.5. The highest BCUT2D eigenvalue weighted by atomic mass is 35.5. The second-order valence-electron chi connectivity index (χ2n) is 5.02. The van der Waals surface area contributed by atoms with Crippen LogP contribution in [-0.2, 0) is 0 Å². The van der Waals surface area contributed by atoms with Gasteiger partial charge >= 0.3 is 0 Å². The number of aromatic nitrogens is 3. The van der Waals surface area contributed by atoms with E-state index in [1.54, 1.807) is 19.3 Å². The van der Waals surface area contributed by atoms with Crippen molar-refractivity contribution < 1.29 is 4.39 Å². The fraction of sp³-hybridized carbons (Fsp3) is 0.357. The largest absolute Gasteiger partial charge is 0.383 e. The Bertz CT molecular complexity index is 668. The first-order valence-corrected chi connectivity index (χ1v) is 7.37. The third kappa shape index (κ3) is 2.89. The molecule has 22 heavy (non-hydrogen) atoms. The second kappa shape index (κ2) is 6.31. The number of rotatable bonds is 4. The zero-order valence-electron chi connectivity index (χ0n) is 12.1. The molecule has 116 valence electrons. The van der Waals surface area contributed by atoms with E-state index in [-0.39, 0.29) is 11.9 Å². The Morgan fingerprint density at radius 1 is 1.36 bits per heavy atom. The van der Waals surface area contributed by atoms with Crippen molar-refractivity contribution in [3.8, 4) is 0 Å². The lowest BCUT2D eigenvalue weighted by molar-refractivity contribution is 0.615. The Kier molecular flexibility index (Phi) is 4.24. The molecule has 3 heterocycles. The SMILES string of the molecule is CNc1c(Cl)ncnc1NC1CCN(c2ncccc2F)C1. The van der Waals surface area contributed by atoms with Gasteiger partial charge in [-0.3, -0.25) is 0 Å². The maximum atomic E-state index is 13.8. The highest BCUT2D eigenvalue weighted by molar-refractivity contribution is 6.32. The average Bonchev–Trinajstić information content (AvgIpc) is 2.96. The smallest absolute Gasteiger partial charge is 0.165 e. The van der Waals surface area contributed by atoms with E-state index in [0.29, 0.717) is 29.0 Å². The van der Waals surface area contributed by atoms with Crippen LogP contribution in [0.15, 0.2) is 24.7 Å². The first kappa shape index (κ1) is 14.8. The van der Waals surface area contributed by atoms with Gasteiger partial charge < -0.3 is 15.5 Å². The van der Waals surface area contributed by atoms with Crippen LogP contribution in [0.3, 0.4) is 0 Å². The minimum atomic E-state index is -0.302. The van der Waals surface area contributed by atoms with Crippen LogP contribution >= 0.6 is 11.6 Å². The number of halogens is 2. The Morgan fingerprint density at radius 3 is 3.00 bits per heavy atom. The van der Waals surface area contributed by atoms with Gasteiger partial charge in [-0.1, -0.05) is 11.6 Å². The monoisotopic (exact) mass is 322 g/mol. The Labute approximate surface area is 132 Å². The molecular weight excluding hydrogens is 307 g/mol. The molecule has 1 unspecified atom stereocenters. The third-order valence-electron chi connectivity index (χ3n) is 3.62. The number of hydrogen-bond acceptors (Lipinski definition) is 6. The Morgan fingerprint density at radius 2 is 2.23 bits per heavy atom. The molecule has 1 fully saturated rings. The fourth-order valence-electron chi connectivity index (χ4n) is 2.57. The van der Waals surface area contributed by atoms with Crippen molar-refractivity contribution in [1.29, 1.82) is 0 Å². The van der Waals surface area contributed by atoms with Crippen LogP contribution in [0.4, 0.5) is 21.7 Å². The normalized spacial score (nSPS) is 17.6. The van der Waals surface area contributed by atoms with Gasteiger partial charge in [-0.2, -0.15) is 0 Å². The Hall–Kier alpha value is -2.15. The van der Waals surface area contributed by atoms with Crippen LogP contribution in [0, 0.1) is 5.82 Å². The summed E-state index contributed by atoms with van der Waals surface area (Å²) in [5.74, 6) is 0.737. The van der Waals surface area contributed by atoms with Crippen molar-refractivity contribution in [2.24, 2.45) is 0 Å². The van der Waals surface area contributed by atoms with E-state index in [4.69, 9.17) is 11.6 Å². The van der Waals surface area contributed by atoms with Crippen LogP contribution in [0.5, 0.6) is 0 Å². The van der Waals surface area contributed by atoms with E-state index in [9.17, 15) is 4.39 Å². The molecule has 1 aliphatic heterocycles. The van der Waals surface area contributed by atoms with Gasteiger partial charge in [0.1, 0.15) is 12.0 Å². The minimum Gasteiger partial charge on any atom is -0.383 e. The van der Waals surface area contributed by atoms with Crippen molar-refractivity contribution in [2.75, 3.05) is 35.7 Å². The van der Waals surface area contributed by atoms with Crippen molar-refractivity contribution >= 4 is 28.9 Å². The average molecular weight is 323 g/mol. The van der Waals surface area contributed by atoms with Crippen LogP contribution in [-0.4, -0.2) is 41.1 Å². The van der Waals surface area contributed by atoms with E-state index in [2.05, 4.69) is 25.6 Å². The first-order chi connectivity index (χ1) is 10.7. The molecule has 0 bridgehead atoms. The second-order valence-corrected chi connectivity index (χ2v) is 5.38. The molecule has 8 heteroatoms. The maximum absolute atomic E-state index is 13.8. The summed E-state index contributed by atoms with van der Waals surface area (Å²) >= 11 is 6.04. The topological polar surface area (TPSA) is 66.0 Å². The van der Waals surface area contributed by atoms with E-state index in [1.807, 2.05) is 4.90 Å². The van der Waals surface area contributed by atoms with Crippen molar-refractivity contribution in [3.63, 3.8) is 0 Å². The van der Waals surface area contributed by atoms with E-state index < -0.39 is 0 Å². The number of nitrogens with one attached hydrogen (secondary N) is 2. The fourth-order valence-corrected chi connectivity index (χ4v) is 2.80. The molecule has 0 spiro atoms. The summed E-state index contributed by atoms with van der Waals surface area (Å²) in [6.45, 7) is 1.39. The van der Waals surface area contributed by atoms with Crippen molar-refractivity contribution in [1.82, 2.24) is 15.0 Å². The summed E-state index contributed by atoms with van der Waals surface area (Å²) in [5, 5.41) is 6.68. The summed E-state index contributed by atoms with van der Waals surface area (Å²) in [6.07, 6.45) is 3.87. The van der Waals surface area contributed by atoms with Gasteiger partial charge in [0.25, 0.3) is 0 Å². The predicted octanol–water partition coefficient (Wildman–Crippen LogP) is 2.40. The first-order valence-electron chi connectivity index (χ1n) is 6.99. The molecule has 0 aliphatic carbocycles. The van der Waals surface area contributed by atoms with Crippen molar-refractivity contribution in [3.05, 3.63) is 35.6 Å². The molecular formula is C14H16ClFN6. The molecule has 1 aliphatic rings. The number of nitrogens with zero attached hydrogens (tertiary/aromatic N) is 4. The molecule has 2 aromatic heterocycles. The van der Waals surface area contributed by atoms with Crippen LogP contribution in [0.25, 0.3) is 0 Å². The molecule has 2 aromatic rings. The molecule has 1 saturated heterocycles. The highest BCUT2D eigenvalue weighted by Gasteiger charge is 2.26. The molecule has 0 saturated carbocycles. The number of hydrogen-bond donors (Lipinski definition) is 2. The van der Waals surface area contributed by atoms with Gasteiger partial charge in [-0.05, 0) is 18.6 Å². The van der Waals surface area contributed by atoms with E-state index in [1.165, 1.54) is 12.4 Å². The quantitative estimate of drug-likeness (QED) is 0.843. The van der Waals surface area contributed by atoms with Gasteiger partial charge in [0, 0.05) is 32.4 Å². The third-order valence-corrected chi connectivity index (χ3v) is 3.91. The van der Waals surface area contributed by atoms with Gasteiger partial charge in [0.2, 0.25) is 0 Å².